The SMILES string of the molecule is CN1C=CN(c2[c-]cccc2)[CH-]1.C[n+]1[c-]n(-c2[c-]cccc2)c2ccccc21.[Ir]. The van der Waals surface area contributed by atoms with Gasteiger partial charge in [-0.1, -0.05) is 30.0 Å². The molecule has 5 heteroatoms. The molecule has 4 nitrogen and oxygen atoms in total. The average molecular weight is 558 g/mol. The number of fused-ring (bicyclic) bond motifs is 1. The van der Waals surface area contributed by atoms with Crippen molar-refractivity contribution < 1.29 is 24.7 Å². The van der Waals surface area contributed by atoms with Crippen molar-refractivity contribution in [3.05, 3.63) is 110 Å². The van der Waals surface area contributed by atoms with Gasteiger partial charge in [-0.05, 0) is 19.4 Å². The zero-order chi connectivity index (χ0) is 19.3. The van der Waals surface area contributed by atoms with Crippen molar-refractivity contribution in [3.8, 4) is 5.69 Å². The summed E-state index contributed by atoms with van der Waals surface area (Å²) in [5.41, 5.74) is 4.39. The first kappa shape index (κ1) is 20.8. The summed E-state index contributed by atoms with van der Waals surface area (Å²) < 4.78 is 4.02. The van der Waals surface area contributed by atoms with Crippen molar-refractivity contribution in [2.45, 2.75) is 0 Å². The van der Waals surface area contributed by atoms with E-state index < -0.39 is 0 Å². The molecule has 0 bridgehead atoms. The molecule has 29 heavy (non-hydrogen) atoms. The van der Waals surface area contributed by atoms with E-state index in [0.717, 1.165) is 16.9 Å². The van der Waals surface area contributed by atoms with Gasteiger partial charge < -0.3 is 18.9 Å². The van der Waals surface area contributed by atoms with Crippen LogP contribution in [-0.4, -0.2) is 16.5 Å². The van der Waals surface area contributed by atoms with Gasteiger partial charge in [0.15, 0.2) is 0 Å². The second-order valence-electron chi connectivity index (χ2n) is 6.47. The van der Waals surface area contributed by atoms with Crippen LogP contribution in [0.25, 0.3) is 16.7 Å². The Hall–Kier alpha value is -2.88. The van der Waals surface area contributed by atoms with Crippen LogP contribution < -0.4 is 9.47 Å². The number of nitrogens with zero attached hydrogens (tertiary/aromatic N) is 4. The van der Waals surface area contributed by atoms with E-state index in [1.165, 1.54) is 5.52 Å². The number of anilines is 1. The van der Waals surface area contributed by atoms with Crippen molar-refractivity contribution in [3.63, 3.8) is 0 Å². The van der Waals surface area contributed by atoms with Crippen molar-refractivity contribution in [2.24, 2.45) is 7.05 Å². The smallest absolute Gasteiger partial charge is 0.242 e. The Morgan fingerprint density at radius 3 is 2.10 bits per heavy atom. The molecule has 0 unspecified atom stereocenters. The van der Waals surface area contributed by atoms with E-state index in [0.29, 0.717) is 0 Å². The summed E-state index contributed by atoms with van der Waals surface area (Å²) in [5.74, 6) is 0. The Kier molecular flexibility index (Phi) is 6.86. The van der Waals surface area contributed by atoms with Crippen LogP contribution in [0.4, 0.5) is 5.69 Å². The van der Waals surface area contributed by atoms with Crippen molar-refractivity contribution >= 4 is 16.7 Å². The molecular formula is C24H21IrN4-3. The molecule has 2 heterocycles. The molecule has 4 aromatic rings. The van der Waals surface area contributed by atoms with Crippen molar-refractivity contribution in [2.75, 3.05) is 11.9 Å². The van der Waals surface area contributed by atoms with Crippen LogP contribution in [0, 0.1) is 25.1 Å². The number of hydrogen-bond acceptors (Lipinski definition) is 2. The van der Waals surface area contributed by atoms with Gasteiger partial charge in [0, 0.05) is 20.1 Å². The molecule has 0 atom stereocenters. The van der Waals surface area contributed by atoms with Gasteiger partial charge in [0.2, 0.25) is 6.33 Å². The number of benzene rings is 3. The predicted molar refractivity (Wildman–Crippen MR) is 111 cm³/mol. The Balaban J connectivity index is 0.000000167. The molecule has 3 aromatic carbocycles. The normalized spacial score (nSPS) is 12.5. The maximum Gasteiger partial charge on any atom is 0.242 e. The van der Waals surface area contributed by atoms with Crippen LogP contribution in [0.15, 0.2) is 85.2 Å². The number of aromatic nitrogens is 2. The van der Waals surface area contributed by atoms with Gasteiger partial charge in [-0.15, -0.1) is 5.69 Å². The summed E-state index contributed by atoms with van der Waals surface area (Å²) in [5, 5.41) is 0. The standard InChI is InChI=1S/C14H11N2.C10H10N2.Ir/c1-15-11-16(12-7-3-2-4-8-12)14-10-6-5-9-13(14)15;1-11-7-8-12(9-11)10-5-3-2-4-6-10;/h2-7,9-10H,1H3;2-5,7-9H,1H3;/q-1;-2;. The Bertz CT molecular complexity index is 1070. The van der Waals surface area contributed by atoms with E-state index in [-0.39, 0.29) is 20.1 Å². The van der Waals surface area contributed by atoms with Crippen LogP contribution in [0.3, 0.4) is 0 Å². The second kappa shape index (κ2) is 9.55. The first-order valence-corrected chi connectivity index (χ1v) is 9.08. The quantitative estimate of drug-likeness (QED) is 0.275. The third kappa shape index (κ3) is 4.76. The Labute approximate surface area is 185 Å². The molecule has 1 aliphatic rings. The van der Waals surface area contributed by atoms with E-state index in [2.05, 4.69) is 30.6 Å². The predicted octanol–water partition coefficient (Wildman–Crippen LogP) is 3.88. The maximum absolute atomic E-state index is 3.27. The molecule has 0 amide bonds. The number of hydrogen-bond donors (Lipinski definition) is 0. The number of rotatable bonds is 2. The monoisotopic (exact) mass is 558 g/mol. The molecule has 5 rings (SSSR count). The van der Waals surface area contributed by atoms with Crippen molar-refractivity contribution in [1.82, 2.24) is 9.47 Å². The molecule has 0 N–H and O–H groups in total. The fraction of sp³-hybridized carbons (Fsp3) is 0.0833. The van der Waals surface area contributed by atoms with Crippen molar-refractivity contribution in [1.29, 1.82) is 0 Å². The molecule has 0 spiro atoms. The zero-order valence-electron chi connectivity index (χ0n) is 16.3. The van der Waals surface area contributed by atoms with E-state index in [4.69, 9.17) is 0 Å². The maximum atomic E-state index is 3.27. The zero-order valence-corrected chi connectivity index (χ0v) is 18.7. The molecule has 1 aromatic heterocycles. The molecule has 0 saturated carbocycles. The average Bonchev–Trinajstić information content (AvgIpc) is 3.34. The summed E-state index contributed by atoms with van der Waals surface area (Å²) in [6, 6.07) is 30.4. The number of para-hydroxylation sites is 4. The molecule has 1 aliphatic heterocycles. The molecule has 0 fully saturated rings. The van der Waals surface area contributed by atoms with Gasteiger partial charge >= 0.3 is 0 Å². The minimum atomic E-state index is 0. The van der Waals surface area contributed by atoms with Gasteiger partial charge in [0.25, 0.3) is 0 Å². The third-order valence-corrected chi connectivity index (χ3v) is 4.41. The van der Waals surface area contributed by atoms with E-state index in [9.17, 15) is 0 Å². The Morgan fingerprint density at radius 2 is 1.48 bits per heavy atom. The first-order chi connectivity index (χ1) is 13.7. The van der Waals surface area contributed by atoms with Crippen LogP contribution in [0.5, 0.6) is 0 Å². The minimum absolute atomic E-state index is 0. The summed E-state index contributed by atoms with van der Waals surface area (Å²) in [4.78, 5) is 4.03. The summed E-state index contributed by atoms with van der Waals surface area (Å²) >= 11 is 0. The largest absolute Gasteiger partial charge is 0.510 e. The van der Waals surface area contributed by atoms with E-state index in [1.54, 1.807) is 0 Å². The molecule has 0 aliphatic carbocycles. The fourth-order valence-electron chi connectivity index (χ4n) is 3.04. The summed E-state index contributed by atoms with van der Waals surface area (Å²) in [6.07, 6.45) is 7.28. The Morgan fingerprint density at radius 1 is 0.828 bits per heavy atom. The number of imidazole rings is 1. The van der Waals surface area contributed by atoms with E-state index in [1.807, 2.05) is 113 Å². The minimum Gasteiger partial charge on any atom is -0.510 e. The molecular weight excluding hydrogens is 537 g/mol. The summed E-state index contributed by atoms with van der Waals surface area (Å²) in [6.45, 7) is 2.01. The topological polar surface area (TPSA) is 15.3 Å². The number of aryl methyl sites for hydroxylation is 1. The van der Waals surface area contributed by atoms with Gasteiger partial charge in [-0.25, -0.2) is 0 Å². The molecule has 1 radical (unpaired) electrons. The van der Waals surface area contributed by atoms with E-state index >= 15 is 0 Å². The fourth-order valence-corrected chi connectivity index (χ4v) is 3.04. The first-order valence-electron chi connectivity index (χ1n) is 9.08. The molecule has 0 saturated heterocycles. The van der Waals surface area contributed by atoms with Crippen LogP contribution in [-0.2, 0) is 27.2 Å². The van der Waals surface area contributed by atoms with Gasteiger partial charge in [0.05, 0.1) is 18.1 Å². The third-order valence-electron chi connectivity index (χ3n) is 4.41. The van der Waals surface area contributed by atoms with Gasteiger partial charge in [-0.2, -0.15) is 67.3 Å². The second-order valence-corrected chi connectivity index (χ2v) is 6.47. The van der Waals surface area contributed by atoms with Crippen LogP contribution in [0.2, 0.25) is 0 Å². The van der Waals surface area contributed by atoms with Gasteiger partial charge in [-0.3, -0.25) is 0 Å². The summed E-state index contributed by atoms with van der Waals surface area (Å²) in [7, 11) is 4.00. The van der Waals surface area contributed by atoms with Crippen LogP contribution >= 0.6 is 0 Å². The van der Waals surface area contributed by atoms with Crippen LogP contribution in [0.1, 0.15) is 0 Å². The van der Waals surface area contributed by atoms with Gasteiger partial charge in [0.1, 0.15) is 0 Å². The molecule has 149 valence electrons.